The van der Waals surface area contributed by atoms with Crippen LogP contribution in [0.25, 0.3) is 16.7 Å². The average molecular weight is 256 g/mol. The number of aromatic nitrogens is 4. The maximum absolute atomic E-state index is 11.2. The maximum Gasteiger partial charge on any atom is 0.337 e. The van der Waals surface area contributed by atoms with Crippen molar-refractivity contribution >= 4 is 17.0 Å². The van der Waals surface area contributed by atoms with Crippen molar-refractivity contribution in [3.63, 3.8) is 0 Å². The van der Waals surface area contributed by atoms with E-state index >= 15 is 0 Å². The Morgan fingerprint density at radius 2 is 2.16 bits per heavy atom. The zero-order chi connectivity index (χ0) is 13.6. The third-order valence-electron chi connectivity index (χ3n) is 3.05. The number of aromatic carboxylic acids is 1. The summed E-state index contributed by atoms with van der Waals surface area (Å²) < 4.78 is 3.57. The molecule has 19 heavy (non-hydrogen) atoms. The first-order valence-corrected chi connectivity index (χ1v) is 5.78. The van der Waals surface area contributed by atoms with Gasteiger partial charge in [-0.3, -0.25) is 9.25 Å². The largest absolute Gasteiger partial charge is 0.478 e. The van der Waals surface area contributed by atoms with E-state index in [0.717, 1.165) is 16.9 Å². The number of carboxylic acid groups (broad SMARTS) is 1. The van der Waals surface area contributed by atoms with E-state index < -0.39 is 5.97 Å². The van der Waals surface area contributed by atoms with Crippen LogP contribution in [-0.2, 0) is 7.05 Å². The molecule has 1 N–H and O–H groups in total. The lowest BCUT2D eigenvalue weighted by atomic mass is 10.2. The highest BCUT2D eigenvalue weighted by molar-refractivity contribution is 6.01. The van der Waals surface area contributed by atoms with Crippen LogP contribution in [0.2, 0.25) is 0 Å². The summed E-state index contributed by atoms with van der Waals surface area (Å²) in [6.45, 7) is 1.90. The van der Waals surface area contributed by atoms with Crippen molar-refractivity contribution in [2.75, 3.05) is 0 Å². The maximum atomic E-state index is 11.2. The molecule has 0 unspecified atom stereocenters. The highest BCUT2D eigenvalue weighted by Gasteiger charge is 2.14. The molecule has 0 saturated heterocycles. The number of hydrogen-bond donors (Lipinski definition) is 1. The van der Waals surface area contributed by atoms with Crippen molar-refractivity contribution in [3.8, 4) is 5.69 Å². The second kappa shape index (κ2) is 3.94. The molecule has 0 spiro atoms. The number of rotatable bonds is 2. The first-order chi connectivity index (χ1) is 9.08. The number of para-hydroxylation sites is 1. The predicted molar refractivity (Wildman–Crippen MR) is 69.5 cm³/mol. The lowest BCUT2D eigenvalue weighted by molar-refractivity contribution is 0.0699. The van der Waals surface area contributed by atoms with Crippen molar-refractivity contribution < 1.29 is 9.90 Å². The Hall–Kier alpha value is -2.63. The van der Waals surface area contributed by atoms with E-state index in [1.54, 1.807) is 23.1 Å². The molecule has 0 radical (unpaired) electrons. The Labute approximate surface area is 108 Å². The minimum atomic E-state index is -0.973. The van der Waals surface area contributed by atoms with E-state index in [4.69, 9.17) is 5.11 Å². The summed E-state index contributed by atoms with van der Waals surface area (Å²) in [4.78, 5) is 15.4. The van der Waals surface area contributed by atoms with Gasteiger partial charge in [-0.05, 0) is 19.1 Å². The van der Waals surface area contributed by atoms with Crippen LogP contribution in [0.4, 0.5) is 0 Å². The summed E-state index contributed by atoms with van der Waals surface area (Å²) in [5.41, 5.74) is 3.21. The summed E-state index contributed by atoms with van der Waals surface area (Å²) in [6.07, 6.45) is 3.50. The van der Waals surface area contributed by atoms with Crippen LogP contribution in [-0.4, -0.2) is 30.4 Å². The Balaban J connectivity index is 2.30. The van der Waals surface area contributed by atoms with E-state index in [1.807, 2.05) is 30.8 Å². The number of imidazole rings is 1. The van der Waals surface area contributed by atoms with Crippen molar-refractivity contribution in [2.24, 2.45) is 7.05 Å². The van der Waals surface area contributed by atoms with Gasteiger partial charge in [0.25, 0.3) is 0 Å². The van der Waals surface area contributed by atoms with Gasteiger partial charge < -0.3 is 5.11 Å². The summed E-state index contributed by atoms with van der Waals surface area (Å²) >= 11 is 0. The number of hydrogen-bond acceptors (Lipinski definition) is 3. The van der Waals surface area contributed by atoms with Gasteiger partial charge in [-0.2, -0.15) is 5.10 Å². The molecule has 0 aliphatic carbocycles. The average Bonchev–Trinajstić information content (AvgIpc) is 2.91. The molecule has 6 nitrogen and oxygen atoms in total. The zero-order valence-electron chi connectivity index (χ0n) is 10.5. The smallest absolute Gasteiger partial charge is 0.337 e. The Kier molecular flexibility index (Phi) is 2.38. The number of carbonyl (C=O) groups is 1. The zero-order valence-corrected chi connectivity index (χ0v) is 10.5. The second-order valence-corrected chi connectivity index (χ2v) is 4.37. The minimum absolute atomic E-state index is 0.206. The third-order valence-corrected chi connectivity index (χ3v) is 3.05. The van der Waals surface area contributed by atoms with E-state index in [-0.39, 0.29) is 5.56 Å². The summed E-state index contributed by atoms with van der Waals surface area (Å²) in [7, 11) is 1.85. The van der Waals surface area contributed by atoms with Crippen molar-refractivity contribution in [1.29, 1.82) is 0 Å². The molecule has 2 aromatic heterocycles. The molecule has 0 aliphatic rings. The van der Waals surface area contributed by atoms with E-state index in [0.29, 0.717) is 5.52 Å². The fourth-order valence-corrected chi connectivity index (χ4v) is 2.23. The van der Waals surface area contributed by atoms with Gasteiger partial charge in [-0.15, -0.1) is 0 Å². The number of fused-ring (bicyclic) bond motifs is 1. The van der Waals surface area contributed by atoms with Gasteiger partial charge in [0.2, 0.25) is 0 Å². The molecule has 3 aromatic rings. The first kappa shape index (κ1) is 11.5. The van der Waals surface area contributed by atoms with E-state index in [9.17, 15) is 4.79 Å². The van der Waals surface area contributed by atoms with Crippen LogP contribution in [0, 0.1) is 6.92 Å². The molecule has 2 heterocycles. The van der Waals surface area contributed by atoms with Crippen LogP contribution >= 0.6 is 0 Å². The summed E-state index contributed by atoms with van der Waals surface area (Å²) in [5, 5.41) is 13.4. The molecule has 1 aromatic carbocycles. The van der Waals surface area contributed by atoms with Crippen LogP contribution in [0.1, 0.15) is 16.1 Å². The molecule has 3 rings (SSSR count). The molecular formula is C13H12N4O2. The molecular weight excluding hydrogens is 244 g/mol. The highest BCUT2D eigenvalue weighted by atomic mass is 16.4. The Morgan fingerprint density at radius 1 is 1.37 bits per heavy atom. The lowest BCUT2D eigenvalue weighted by Gasteiger charge is -2.02. The van der Waals surface area contributed by atoms with Gasteiger partial charge in [0, 0.05) is 13.2 Å². The molecule has 6 heteroatoms. The standard InChI is InChI=1S/C13H12N4O2/c1-8-11(6-16(2)15-8)17-7-14-12-9(13(18)19)4-3-5-10(12)17/h3-7H,1-2H3,(H,18,19). The molecule has 0 aliphatic heterocycles. The fourth-order valence-electron chi connectivity index (χ4n) is 2.23. The third kappa shape index (κ3) is 1.69. The van der Waals surface area contributed by atoms with Gasteiger partial charge in [-0.1, -0.05) is 6.07 Å². The normalized spacial score (nSPS) is 11.1. The summed E-state index contributed by atoms with van der Waals surface area (Å²) in [6, 6.07) is 5.12. The lowest BCUT2D eigenvalue weighted by Crippen LogP contribution is -1.98. The minimum Gasteiger partial charge on any atom is -0.478 e. The number of aryl methyl sites for hydroxylation is 2. The van der Waals surface area contributed by atoms with Crippen molar-refractivity contribution in [3.05, 3.63) is 42.0 Å². The molecule has 0 amide bonds. The SMILES string of the molecule is Cc1nn(C)cc1-n1cnc2c(C(=O)O)cccc21. The second-order valence-electron chi connectivity index (χ2n) is 4.37. The van der Waals surface area contributed by atoms with Crippen molar-refractivity contribution in [2.45, 2.75) is 6.92 Å². The van der Waals surface area contributed by atoms with Crippen LogP contribution in [0.5, 0.6) is 0 Å². The van der Waals surface area contributed by atoms with Crippen molar-refractivity contribution in [1.82, 2.24) is 19.3 Å². The monoisotopic (exact) mass is 256 g/mol. The van der Waals surface area contributed by atoms with E-state index in [2.05, 4.69) is 10.1 Å². The van der Waals surface area contributed by atoms with Crippen LogP contribution < -0.4 is 0 Å². The topological polar surface area (TPSA) is 72.9 Å². The number of benzene rings is 1. The highest BCUT2D eigenvalue weighted by Crippen LogP contribution is 2.22. The van der Waals surface area contributed by atoms with Gasteiger partial charge >= 0.3 is 5.97 Å². The molecule has 0 fully saturated rings. The van der Waals surface area contributed by atoms with Gasteiger partial charge in [0.05, 0.1) is 22.5 Å². The molecule has 0 saturated carbocycles. The van der Waals surface area contributed by atoms with Crippen LogP contribution in [0.3, 0.4) is 0 Å². The first-order valence-electron chi connectivity index (χ1n) is 5.78. The number of carboxylic acids is 1. The molecule has 96 valence electrons. The van der Waals surface area contributed by atoms with Crippen LogP contribution in [0.15, 0.2) is 30.7 Å². The molecule has 0 atom stereocenters. The predicted octanol–water partition coefficient (Wildman–Crippen LogP) is 1.77. The number of nitrogens with zero attached hydrogens (tertiary/aromatic N) is 4. The van der Waals surface area contributed by atoms with Gasteiger partial charge in [-0.25, -0.2) is 9.78 Å². The quantitative estimate of drug-likeness (QED) is 0.758. The molecule has 0 bridgehead atoms. The summed E-state index contributed by atoms with van der Waals surface area (Å²) in [5.74, 6) is -0.973. The fraction of sp³-hybridized carbons (Fsp3) is 0.154. The van der Waals surface area contributed by atoms with Gasteiger partial charge in [0.15, 0.2) is 0 Å². The van der Waals surface area contributed by atoms with E-state index in [1.165, 1.54) is 0 Å². The Bertz CT molecular complexity index is 785. The Morgan fingerprint density at radius 3 is 2.79 bits per heavy atom. The van der Waals surface area contributed by atoms with Gasteiger partial charge in [0.1, 0.15) is 11.8 Å².